The number of ether oxygens (including phenoxy) is 7. The van der Waals surface area contributed by atoms with Crippen LogP contribution in [-0.2, 0) is 60.6 Å². The Morgan fingerprint density at radius 1 is 0.583 bits per heavy atom. The van der Waals surface area contributed by atoms with Gasteiger partial charge in [-0.1, -0.05) is 12.1 Å². The fourth-order valence-corrected chi connectivity index (χ4v) is 15.6. The van der Waals surface area contributed by atoms with E-state index < -0.39 is 95.4 Å². The number of phenols is 1. The van der Waals surface area contributed by atoms with Gasteiger partial charge < -0.3 is 59.5 Å². The summed E-state index contributed by atoms with van der Waals surface area (Å²) in [4.78, 5) is 116. The van der Waals surface area contributed by atoms with Crippen LogP contribution in [-0.4, -0.2) is 206 Å². The lowest BCUT2D eigenvalue weighted by molar-refractivity contribution is -0.125. The predicted molar refractivity (Wildman–Crippen MR) is 348 cm³/mol. The molecule has 26 nitrogen and oxygen atoms in total. The summed E-state index contributed by atoms with van der Waals surface area (Å²) in [7, 11) is 9.82. The fourth-order valence-electron chi connectivity index (χ4n) is 15.6. The zero-order valence-corrected chi connectivity index (χ0v) is 58.3. The molecule has 4 amide bonds. The number of carbonyl (C=O) groups is 8. The van der Waals surface area contributed by atoms with Crippen LogP contribution < -0.4 is 35.5 Å². The van der Waals surface area contributed by atoms with Crippen molar-refractivity contribution < 1.29 is 76.6 Å². The number of hydrogen-bond donors (Lipinski definition) is 5. The lowest BCUT2D eigenvalue weighted by Crippen LogP contribution is -2.71. The van der Waals surface area contributed by atoms with Gasteiger partial charge in [-0.05, 0) is 152 Å². The Morgan fingerprint density at radius 3 is 1.43 bits per heavy atom. The van der Waals surface area contributed by atoms with Crippen LogP contribution in [0.4, 0.5) is 9.59 Å². The molecule has 96 heavy (non-hydrogen) atoms. The number of ketones is 4. The highest BCUT2D eigenvalue weighted by Gasteiger charge is 2.60. The topological polar surface area (TPSA) is 330 Å². The number of Topliss-reactive ketones (excluding diaryl/α,β-unsaturated/α-hetero) is 4. The molecule has 12 atom stereocenters. The van der Waals surface area contributed by atoms with Crippen molar-refractivity contribution in [3.63, 3.8) is 0 Å². The Labute approximate surface area is 560 Å². The van der Waals surface area contributed by atoms with E-state index in [1.54, 1.807) is 69.4 Å². The molecule has 2 fully saturated rings. The van der Waals surface area contributed by atoms with Crippen LogP contribution >= 0.6 is 0 Å². The number of hydrogen-bond acceptors (Lipinski definition) is 22. The summed E-state index contributed by atoms with van der Waals surface area (Å²) in [6.07, 6.45) is -0.199. The largest absolute Gasteiger partial charge is 0.504 e. The van der Waals surface area contributed by atoms with E-state index in [0.717, 1.165) is 27.8 Å². The van der Waals surface area contributed by atoms with Crippen LogP contribution in [0.25, 0.3) is 0 Å². The first kappa shape index (κ1) is 71.6. The minimum Gasteiger partial charge on any atom is -0.504 e. The van der Waals surface area contributed by atoms with E-state index in [2.05, 4.69) is 49.3 Å². The second-order valence-electron chi connectivity index (χ2n) is 27.9. The zero-order valence-electron chi connectivity index (χ0n) is 58.3. The van der Waals surface area contributed by atoms with Crippen molar-refractivity contribution in [3.05, 3.63) is 90.3 Å². The number of phenolic OH excluding ortho intramolecular Hbond substituents is 1. The van der Waals surface area contributed by atoms with Gasteiger partial charge in [0, 0.05) is 94.5 Å². The molecule has 2 aliphatic carbocycles. The van der Waals surface area contributed by atoms with Crippen molar-refractivity contribution >= 4 is 47.1 Å². The number of alkyl carbamates (subject to hydrolysis) is 2. The van der Waals surface area contributed by atoms with Gasteiger partial charge in [0.1, 0.15) is 35.4 Å². The number of likely N-dealkylation sites (N-methyl/N-ethyl adjacent to an activating group) is 2. The number of amides is 4. The lowest BCUT2D eigenvalue weighted by atomic mass is 9.69. The van der Waals surface area contributed by atoms with Gasteiger partial charge >= 0.3 is 12.2 Å². The molecular weight excluding hydrogens is 1240 g/mol. The van der Waals surface area contributed by atoms with E-state index in [1.165, 1.54) is 35.2 Å². The predicted octanol–water partition coefficient (Wildman–Crippen LogP) is 5.40. The summed E-state index contributed by atoms with van der Waals surface area (Å²) in [5.74, 6) is -0.957. The van der Waals surface area contributed by atoms with Gasteiger partial charge in [0.25, 0.3) is 0 Å². The quantitative estimate of drug-likeness (QED) is 0.117. The summed E-state index contributed by atoms with van der Waals surface area (Å²) in [6, 6.07) is 1.53. The van der Waals surface area contributed by atoms with Gasteiger partial charge in [-0.3, -0.25) is 48.4 Å². The van der Waals surface area contributed by atoms with Crippen LogP contribution in [0.3, 0.4) is 0 Å². The van der Waals surface area contributed by atoms with Gasteiger partial charge in [-0.15, -0.1) is 0 Å². The lowest BCUT2D eigenvalue weighted by Gasteiger charge is -2.60. The first-order chi connectivity index (χ1) is 45.1. The molecular formula is C70H90N10O16. The number of benzene rings is 2. The number of nitriles is 2. The second kappa shape index (κ2) is 27.5. The van der Waals surface area contributed by atoms with E-state index in [9.17, 15) is 54.0 Å². The van der Waals surface area contributed by atoms with E-state index in [-0.39, 0.29) is 90.9 Å². The van der Waals surface area contributed by atoms with Crippen LogP contribution in [0.15, 0.2) is 56.9 Å². The molecule has 0 radical (unpaired) electrons. The Kier molecular flexibility index (Phi) is 20.5. The van der Waals surface area contributed by atoms with E-state index in [0.29, 0.717) is 63.5 Å². The van der Waals surface area contributed by atoms with Crippen LogP contribution in [0, 0.1) is 36.5 Å². The fraction of sp³-hybridized carbons (Fsp3) is 0.571. The Bertz CT molecular complexity index is 3820. The van der Waals surface area contributed by atoms with Crippen molar-refractivity contribution in [2.75, 3.05) is 62.4 Å². The van der Waals surface area contributed by atoms with Crippen LogP contribution in [0.2, 0.25) is 0 Å². The Hall–Kier alpha value is -8.66. The molecule has 10 rings (SSSR count). The maximum atomic E-state index is 14.0. The van der Waals surface area contributed by atoms with E-state index in [1.807, 2.05) is 43.8 Å². The smallest absolute Gasteiger partial charge is 0.408 e. The standard InChI is InChI=1S/C36H47N5O8.C34H43N5O8/c1-17-11-21-12-23-25(14-37)41-24(29(40(23)8)27(21)33(32(17)47-10)48-16-46-9)13-22-28(31(43)19(3)18(2)30(22)42)26(41)15-38-34(44)20(4)39-35(45)49-36(5,6)7;1-15-10-18-11-20-22(13-35)39-21(26(38(20)7)24(18)28(41)30(15)45-8)12-19-25(29(42)31(46-9)16(2)27(19)40)23(39)14-36-32(43)17(3)37-33(44)47-34(4,5)6/h11,20,23-26,29H,12-13,15-16H2,1-10H3,(H,38,44)(H,39,45);10,17,20-23,26,41H,11-12,14H2,1-9H3,(H,36,43)(H,37,44)/t20-,23-,24?,25-,26-,29-;17-,20-,21?,22-,23-,26-/m00/s1. The van der Waals surface area contributed by atoms with Crippen molar-refractivity contribution in [2.45, 2.75) is 199 Å². The van der Waals surface area contributed by atoms with Gasteiger partial charge in [0.2, 0.25) is 17.6 Å². The third-order valence-electron chi connectivity index (χ3n) is 19.8. The molecule has 0 saturated carbocycles. The summed E-state index contributed by atoms with van der Waals surface area (Å²) in [5, 5.41) is 43.8. The maximum Gasteiger partial charge on any atom is 0.408 e. The number of aromatic hydroxyl groups is 1. The highest BCUT2D eigenvalue weighted by atomic mass is 16.7. The molecule has 516 valence electrons. The third-order valence-corrected chi connectivity index (χ3v) is 19.8. The maximum absolute atomic E-state index is 14.0. The number of nitrogens with one attached hydrogen (secondary N) is 4. The Morgan fingerprint density at radius 2 is 1.00 bits per heavy atom. The molecule has 2 aromatic carbocycles. The summed E-state index contributed by atoms with van der Waals surface area (Å²) in [6.45, 7) is 21.8. The average molecular weight is 1330 g/mol. The highest BCUT2D eigenvalue weighted by Crippen LogP contribution is 2.56. The Balaban J connectivity index is 0.000000226. The normalized spacial score (nSPS) is 26.1. The number of piperazine rings is 2. The van der Waals surface area contributed by atoms with Gasteiger partial charge in [-0.2, -0.15) is 10.5 Å². The minimum atomic E-state index is -0.990. The molecule has 5 N–H and O–H groups in total. The molecule has 6 heterocycles. The number of rotatable bonds is 14. The van der Waals surface area contributed by atoms with Crippen molar-refractivity contribution in [2.24, 2.45) is 0 Å². The molecule has 0 spiro atoms. The molecule has 2 unspecified atom stereocenters. The number of methoxy groups -OCH3 is 4. The van der Waals surface area contributed by atoms with Gasteiger partial charge in [0.15, 0.2) is 52.9 Å². The van der Waals surface area contributed by atoms with Crippen molar-refractivity contribution in [1.82, 2.24) is 40.9 Å². The SMILES string of the molecule is COC1=C(C)C(=O)C2=C(C1=O)[C@H](CNC(=O)[C@H](C)NC(=O)OC(C)(C)C)N1C(C2)[C@H]2c3c(cc(C)c(OC)c3O)C[C@@H]([C@@H]1C#N)N2C.COCOc1c(OC)c(C)cc2c1[C@@H]1C3CC4=C(C(=O)C(C)=C(C)C4=O)[C@H](CNC(=O)[C@H](C)NC(=O)OC(C)(C)C)N3[C@@H](C#N)[C@H](C2)N1C. The molecule has 4 bridgehead atoms. The first-order valence-electron chi connectivity index (χ1n) is 32.2. The van der Waals surface area contributed by atoms with Crippen molar-refractivity contribution in [3.8, 4) is 35.1 Å². The average Bonchev–Trinajstić information content (AvgIpc) is 0.707. The number of fused-ring (bicyclic) bond motifs is 12. The number of aryl methyl sites for hydroxylation is 2. The second-order valence-corrected chi connectivity index (χ2v) is 27.9. The summed E-state index contributed by atoms with van der Waals surface area (Å²) in [5.41, 5.74) is 5.66. The zero-order chi connectivity index (χ0) is 70.8. The summed E-state index contributed by atoms with van der Waals surface area (Å²) >= 11 is 0. The van der Waals surface area contributed by atoms with Gasteiger partial charge in [0.05, 0.1) is 57.6 Å². The van der Waals surface area contributed by atoms with Crippen LogP contribution in [0.5, 0.6) is 23.0 Å². The number of nitrogens with zero attached hydrogens (tertiary/aromatic N) is 6. The van der Waals surface area contributed by atoms with E-state index in [4.69, 9.17) is 33.2 Å². The van der Waals surface area contributed by atoms with Crippen molar-refractivity contribution in [1.29, 1.82) is 10.5 Å². The minimum absolute atomic E-state index is 0.00335. The molecule has 6 aliphatic heterocycles. The molecule has 8 aliphatic rings. The van der Waals surface area contributed by atoms with E-state index >= 15 is 0 Å². The highest BCUT2D eigenvalue weighted by molar-refractivity contribution is 6.26. The summed E-state index contributed by atoms with van der Waals surface area (Å²) < 4.78 is 38.9. The first-order valence-corrected chi connectivity index (χ1v) is 32.2. The van der Waals surface area contributed by atoms with Gasteiger partial charge in [-0.25, -0.2) is 9.59 Å². The number of allylic oxidation sites excluding steroid dienone is 4. The third kappa shape index (κ3) is 12.9. The molecule has 26 heteroatoms. The molecule has 2 saturated heterocycles. The molecule has 0 aromatic heterocycles. The number of carbonyl (C=O) groups excluding carboxylic acids is 8. The monoisotopic (exact) mass is 1330 g/mol. The van der Waals surface area contributed by atoms with Crippen LogP contribution in [0.1, 0.15) is 134 Å². The molecule has 2 aromatic rings.